The number of carbonyl (C=O) groups is 2. The monoisotopic (exact) mass is 305 g/mol. The second-order valence-electron chi connectivity index (χ2n) is 4.81. The summed E-state index contributed by atoms with van der Waals surface area (Å²) in [5.74, 6) is -0.635. The standard InChI is InChI=1S/C15H16ClN3O2/c1-3-13(20)10(2)14(19-9-8-17-18-19)15(21)11-4-6-12(16)7-5-11/h4-10,14H,3H2,1-2H3. The van der Waals surface area contributed by atoms with Crippen LogP contribution in [-0.4, -0.2) is 26.6 Å². The van der Waals surface area contributed by atoms with Crippen LogP contribution in [0, 0.1) is 5.92 Å². The minimum Gasteiger partial charge on any atom is -0.299 e. The summed E-state index contributed by atoms with van der Waals surface area (Å²) >= 11 is 5.84. The van der Waals surface area contributed by atoms with Gasteiger partial charge in [-0.15, -0.1) is 5.10 Å². The molecule has 5 nitrogen and oxygen atoms in total. The molecule has 0 bridgehead atoms. The second kappa shape index (κ2) is 6.63. The molecule has 0 spiro atoms. The Labute approximate surface area is 127 Å². The lowest BCUT2D eigenvalue weighted by Gasteiger charge is -2.21. The van der Waals surface area contributed by atoms with Crippen LogP contribution in [0.3, 0.4) is 0 Å². The summed E-state index contributed by atoms with van der Waals surface area (Å²) in [4.78, 5) is 24.7. The number of benzene rings is 1. The van der Waals surface area contributed by atoms with Gasteiger partial charge in [-0.05, 0) is 24.3 Å². The van der Waals surface area contributed by atoms with E-state index in [9.17, 15) is 9.59 Å². The average molecular weight is 306 g/mol. The Kier molecular flexibility index (Phi) is 4.85. The fourth-order valence-corrected chi connectivity index (χ4v) is 2.35. The van der Waals surface area contributed by atoms with E-state index in [1.165, 1.54) is 10.9 Å². The molecule has 0 saturated carbocycles. The fraction of sp³-hybridized carbons (Fsp3) is 0.333. The molecule has 1 aromatic heterocycles. The molecule has 1 heterocycles. The Hall–Kier alpha value is -2.01. The minimum absolute atomic E-state index is 0.0119. The van der Waals surface area contributed by atoms with Crippen molar-refractivity contribution in [1.82, 2.24) is 15.0 Å². The van der Waals surface area contributed by atoms with Gasteiger partial charge in [-0.1, -0.05) is 30.7 Å². The van der Waals surface area contributed by atoms with Crippen LogP contribution < -0.4 is 0 Å². The van der Waals surface area contributed by atoms with Gasteiger partial charge in [0.2, 0.25) is 0 Å². The largest absolute Gasteiger partial charge is 0.299 e. The van der Waals surface area contributed by atoms with Crippen LogP contribution in [0.4, 0.5) is 0 Å². The summed E-state index contributed by atoms with van der Waals surface area (Å²) in [5.41, 5.74) is 0.496. The van der Waals surface area contributed by atoms with Crippen molar-refractivity contribution in [3.05, 3.63) is 47.2 Å². The molecule has 2 rings (SSSR count). The number of halogens is 1. The Morgan fingerprint density at radius 1 is 1.29 bits per heavy atom. The molecule has 0 N–H and O–H groups in total. The average Bonchev–Trinajstić information content (AvgIpc) is 3.01. The van der Waals surface area contributed by atoms with E-state index in [1.807, 2.05) is 0 Å². The van der Waals surface area contributed by atoms with Gasteiger partial charge in [0.05, 0.1) is 6.20 Å². The van der Waals surface area contributed by atoms with E-state index in [0.29, 0.717) is 17.0 Å². The highest BCUT2D eigenvalue weighted by molar-refractivity contribution is 6.30. The number of hydrogen-bond donors (Lipinski definition) is 0. The molecule has 0 amide bonds. The summed E-state index contributed by atoms with van der Waals surface area (Å²) in [6.07, 6.45) is 3.46. The quantitative estimate of drug-likeness (QED) is 0.770. The number of carbonyl (C=O) groups excluding carboxylic acids is 2. The fourth-order valence-electron chi connectivity index (χ4n) is 2.23. The molecule has 0 radical (unpaired) electrons. The number of ketones is 2. The minimum atomic E-state index is -0.693. The maximum absolute atomic E-state index is 12.7. The molecule has 2 atom stereocenters. The van der Waals surface area contributed by atoms with Crippen molar-refractivity contribution in [2.24, 2.45) is 5.92 Å². The lowest BCUT2D eigenvalue weighted by Crippen LogP contribution is -2.31. The van der Waals surface area contributed by atoms with Crippen molar-refractivity contribution in [3.63, 3.8) is 0 Å². The van der Waals surface area contributed by atoms with Gasteiger partial charge in [-0.2, -0.15) is 0 Å². The summed E-state index contributed by atoms with van der Waals surface area (Å²) in [6.45, 7) is 3.52. The van der Waals surface area contributed by atoms with Crippen molar-refractivity contribution >= 4 is 23.2 Å². The Bertz CT molecular complexity index is 623. The number of hydrogen-bond acceptors (Lipinski definition) is 4. The van der Waals surface area contributed by atoms with Gasteiger partial charge in [0, 0.05) is 29.1 Å². The summed E-state index contributed by atoms with van der Waals surface area (Å²) in [5, 5.41) is 8.17. The molecule has 0 aliphatic carbocycles. The van der Waals surface area contributed by atoms with Crippen LogP contribution in [-0.2, 0) is 4.79 Å². The maximum atomic E-state index is 12.7. The van der Waals surface area contributed by atoms with Gasteiger partial charge in [0.15, 0.2) is 5.78 Å². The number of Topliss-reactive ketones (excluding diaryl/α,β-unsaturated/α-hetero) is 2. The molecule has 2 aromatic rings. The SMILES string of the molecule is CCC(=O)C(C)C(C(=O)c1ccc(Cl)cc1)n1ccnn1. The van der Waals surface area contributed by atoms with Crippen molar-refractivity contribution in [1.29, 1.82) is 0 Å². The third-order valence-corrected chi connectivity index (χ3v) is 3.71. The van der Waals surface area contributed by atoms with Crippen LogP contribution in [0.2, 0.25) is 5.02 Å². The third-order valence-electron chi connectivity index (χ3n) is 3.45. The number of rotatable bonds is 6. The first-order chi connectivity index (χ1) is 10.0. The van der Waals surface area contributed by atoms with Crippen LogP contribution >= 0.6 is 11.6 Å². The second-order valence-corrected chi connectivity index (χ2v) is 5.24. The molecular formula is C15H16ClN3O2. The van der Waals surface area contributed by atoms with E-state index in [0.717, 1.165) is 0 Å². The van der Waals surface area contributed by atoms with E-state index in [1.54, 1.807) is 44.3 Å². The highest BCUT2D eigenvalue weighted by Gasteiger charge is 2.32. The highest BCUT2D eigenvalue weighted by Crippen LogP contribution is 2.24. The zero-order valence-corrected chi connectivity index (χ0v) is 12.6. The van der Waals surface area contributed by atoms with Crippen molar-refractivity contribution in [2.75, 3.05) is 0 Å². The normalized spacial score (nSPS) is 13.7. The van der Waals surface area contributed by atoms with Gasteiger partial charge in [0.1, 0.15) is 11.8 Å². The van der Waals surface area contributed by atoms with Gasteiger partial charge < -0.3 is 0 Å². The van der Waals surface area contributed by atoms with E-state index >= 15 is 0 Å². The van der Waals surface area contributed by atoms with Crippen LogP contribution in [0.1, 0.15) is 36.7 Å². The number of nitrogens with zero attached hydrogens (tertiary/aromatic N) is 3. The van der Waals surface area contributed by atoms with Crippen molar-refractivity contribution in [3.8, 4) is 0 Å². The topological polar surface area (TPSA) is 64.8 Å². The first-order valence-corrected chi connectivity index (χ1v) is 7.10. The first-order valence-electron chi connectivity index (χ1n) is 6.73. The van der Waals surface area contributed by atoms with Gasteiger partial charge in [0.25, 0.3) is 0 Å². The van der Waals surface area contributed by atoms with Gasteiger partial charge in [-0.3, -0.25) is 9.59 Å². The van der Waals surface area contributed by atoms with E-state index in [4.69, 9.17) is 11.6 Å². The third kappa shape index (κ3) is 3.36. The van der Waals surface area contributed by atoms with Crippen LogP contribution in [0.25, 0.3) is 0 Å². The van der Waals surface area contributed by atoms with E-state index in [-0.39, 0.29) is 11.6 Å². The molecule has 110 valence electrons. The van der Waals surface area contributed by atoms with Crippen molar-refractivity contribution < 1.29 is 9.59 Å². The molecule has 0 saturated heterocycles. The smallest absolute Gasteiger partial charge is 0.188 e. The summed E-state index contributed by atoms with van der Waals surface area (Å²) in [6, 6.07) is 5.91. The van der Waals surface area contributed by atoms with Gasteiger partial charge in [-0.25, -0.2) is 4.68 Å². The zero-order chi connectivity index (χ0) is 15.4. The van der Waals surface area contributed by atoms with E-state index in [2.05, 4.69) is 10.3 Å². The molecule has 2 unspecified atom stereocenters. The predicted octanol–water partition coefficient (Wildman–Crippen LogP) is 2.97. The zero-order valence-electron chi connectivity index (χ0n) is 11.9. The van der Waals surface area contributed by atoms with Gasteiger partial charge >= 0.3 is 0 Å². The maximum Gasteiger partial charge on any atom is 0.188 e. The van der Waals surface area contributed by atoms with Crippen molar-refractivity contribution in [2.45, 2.75) is 26.3 Å². The van der Waals surface area contributed by atoms with Crippen LogP contribution in [0.5, 0.6) is 0 Å². The predicted molar refractivity (Wildman–Crippen MR) is 79.3 cm³/mol. The molecular weight excluding hydrogens is 290 g/mol. The molecule has 0 fully saturated rings. The summed E-state index contributed by atoms with van der Waals surface area (Å²) in [7, 11) is 0. The Morgan fingerprint density at radius 2 is 1.95 bits per heavy atom. The molecule has 6 heteroatoms. The molecule has 1 aromatic carbocycles. The molecule has 0 aliphatic rings. The number of aromatic nitrogens is 3. The summed E-state index contributed by atoms with van der Waals surface area (Å²) < 4.78 is 1.44. The first kappa shape index (κ1) is 15.4. The lowest BCUT2D eigenvalue weighted by molar-refractivity contribution is -0.123. The van der Waals surface area contributed by atoms with E-state index < -0.39 is 12.0 Å². The Balaban J connectivity index is 2.37. The molecule has 0 aliphatic heterocycles. The Morgan fingerprint density at radius 3 is 2.48 bits per heavy atom. The lowest BCUT2D eigenvalue weighted by atomic mass is 9.89. The molecule has 21 heavy (non-hydrogen) atoms. The van der Waals surface area contributed by atoms with Crippen LogP contribution in [0.15, 0.2) is 36.7 Å². The highest BCUT2D eigenvalue weighted by atomic mass is 35.5.